The molecule has 0 saturated heterocycles. The third-order valence-electron chi connectivity index (χ3n) is 3.09. The lowest BCUT2D eigenvalue weighted by Gasteiger charge is -2.23. The molecule has 0 aliphatic heterocycles. The molecule has 11 heteroatoms. The summed E-state index contributed by atoms with van der Waals surface area (Å²) < 4.78 is 37.2. The highest BCUT2D eigenvalue weighted by atomic mass is 32.3. The van der Waals surface area contributed by atoms with Crippen LogP contribution < -0.4 is 9.58 Å². The molecule has 0 unspecified atom stereocenters. The van der Waals surface area contributed by atoms with E-state index in [0.717, 1.165) is 5.69 Å². The number of azo groups is 1. The Morgan fingerprint density at radius 1 is 1.33 bits per heavy atom. The van der Waals surface area contributed by atoms with Crippen molar-refractivity contribution in [3.05, 3.63) is 29.8 Å². The number of anilines is 1. The molecule has 2 aromatic rings. The molecule has 1 aromatic heterocycles. The van der Waals surface area contributed by atoms with E-state index in [-0.39, 0.29) is 13.2 Å². The van der Waals surface area contributed by atoms with E-state index in [1.54, 1.807) is 29.4 Å². The maximum Gasteiger partial charge on any atom is 0.429 e. The summed E-state index contributed by atoms with van der Waals surface area (Å²) in [6, 6.07) is 7.29. The number of rotatable bonds is 8. The van der Waals surface area contributed by atoms with Gasteiger partial charge in [-0.25, -0.2) is 8.42 Å². The highest BCUT2D eigenvalue weighted by Gasteiger charge is 2.09. The smallest absolute Gasteiger partial charge is 0.429 e. The minimum absolute atomic E-state index is 0.191. The molecule has 0 bridgehead atoms. The minimum atomic E-state index is -4.66. The summed E-state index contributed by atoms with van der Waals surface area (Å²) in [4.78, 5) is 1.88. The third kappa shape index (κ3) is 5.60. The summed E-state index contributed by atoms with van der Waals surface area (Å²) in [6.45, 7) is 2.65. The van der Waals surface area contributed by atoms with E-state index >= 15 is 0 Å². The Morgan fingerprint density at radius 2 is 2.04 bits per heavy atom. The van der Waals surface area contributed by atoms with Crippen LogP contribution in [0.3, 0.4) is 0 Å². The monoisotopic (exact) mass is 371 g/mol. The largest absolute Gasteiger partial charge is 0.726 e. The molecule has 0 saturated carbocycles. The maximum atomic E-state index is 10.5. The van der Waals surface area contributed by atoms with E-state index in [4.69, 9.17) is 0 Å². The Labute approximate surface area is 144 Å². The molecule has 0 aliphatic carbocycles. The van der Waals surface area contributed by atoms with Gasteiger partial charge in [0.15, 0.2) is 0 Å². The lowest BCUT2D eigenvalue weighted by atomic mass is 10.2. The van der Waals surface area contributed by atoms with Crippen LogP contribution in [0.5, 0.6) is 0 Å². The number of benzene rings is 1. The van der Waals surface area contributed by atoms with Crippen LogP contribution in [0.25, 0.3) is 0 Å². The van der Waals surface area contributed by atoms with Crippen molar-refractivity contribution in [3.63, 3.8) is 0 Å². The number of likely N-dealkylation sites (N-methyl/N-ethyl adjacent to an activating group) is 1. The molecule has 0 amide bonds. The van der Waals surface area contributed by atoms with E-state index in [0.29, 0.717) is 17.4 Å². The summed E-state index contributed by atoms with van der Waals surface area (Å²) in [5, 5.41) is 13.0. The van der Waals surface area contributed by atoms with Crippen molar-refractivity contribution in [3.8, 4) is 0 Å². The lowest BCUT2D eigenvalue weighted by Crippen LogP contribution is -2.28. The topological polar surface area (TPSA) is 111 Å². The predicted molar refractivity (Wildman–Crippen MR) is 87.4 cm³/mol. The first kappa shape index (κ1) is 18.4. The standard InChI is InChI=1S/C13H17N5O4S2/c1-3-18(8-9-22-24(19,20)21)12-6-4-11(5-7-12)15-16-13-17(2)14-10-23-13/h4-7,10H,3,8-9H2,1-2H3. The molecule has 130 valence electrons. The van der Waals surface area contributed by atoms with Gasteiger partial charge >= 0.3 is 5.13 Å². The first-order valence-corrected chi connectivity index (χ1v) is 9.27. The first-order chi connectivity index (χ1) is 11.4. The van der Waals surface area contributed by atoms with E-state index < -0.39 is 10.4 Å². The summed E-state index contributed by atoms with van der Waals surface area (Å²) in [7, 11) is -2.87. The van der Waals surface area contributed by atoms with Gasteiger partial charge in [-0.1, -0.05) is 5.10 Å². The molecular formula is C13H17N5O4S2. The van der Waals surface area contributed by atoms with Crippen LogP contribution in [0, 0.1) is 0 Å². The lowest BCUT2D eigenvalue weighted by molar-refractivity contribution is -0.713. The van der Waals surface area contributed by atoms with Gasteiger partial charge in [-0.2, -0.15) is 0 Å². The van der Waals surface area contributed by atoms with Crippen molar-refractivity contribution < 1.29 is 21.8 Å². The molecule has 1 heterocycles. The summed E-state index contributed by atoms with van der Waals surface area (Å²) in [6.07, 6.45) is 0. The van der Waals surface area contributed by atoms with Crippen LogP contribution in [-0.4, -0.2) is 37.8 Å². The van der Waals surface area contributed by atoms with Crippen LogP contribution in [0.1, 0.15) is 6.92 Å². The van der Waals surface area contributed by atoms with E-state index in [1.165, 1.54) is 11.3 Å². The SMILES string of the molecule is CCN(CCOS(=O)(=O)[O-])c1ccc(N=Nc2scn[n+]2C)cc1. The molecule has 24 heavy (non-hydrogen) atoms. The van der Waals surface area contributed by atoms with Gasteiger partial charge in [0.2, 0.25) is 10.4 Å². The van der Waals surface area contributed by atoms with Crippen molar-refractivity contribution in [2.24, 2.45) is 17.3 Å². The van der Waals surface area contributed by atoms with Crippen LogP contribution in [0.15, 0.2) is 40.0 Å². The van der Waals surface area contributed by atoms with Crippen LogP contribution >= 0.6 is 11.3 Å². The van der Waals surface area contributed by atoms with Gasteiger partial charge in [0.1, 0.15) is 18.2 Å². The average molecular weight is 371 g/mol. The van der Waals surface area contributed by atoms with Crippen LogP contribution in [0.4, 0.5) is 16.5 Å². The summed E-state index contributed by atoms with van der Waals surface area (Å²) in [5.74, 6) is 0. The molecule has 0 N–H and O–H groups in total. The fraction of sp³-hybridized carbons (Fsp3) is 0.385. The number of aryl methyl sites for hydroxylation is 1. The highest BCUT2D eigenvalue weighted by Crippen LogP contribution is 2.22. The van der Waals surface area contributed by atoms with Crippen LogP contribution in [-0.2, 0) is 21.6 Å². The van der Waals surface area contributed by atoms with Gasteiger partial charge in [-0.3, -0.25) is 4.18 Å². The zero-order valence-electron chi connectivity index (χ0n) is 13.2. The van der Waals surface area contributed by atoms with E-state index in [2.05, 4.69) is 19.5 Å². The van der Waals surface area contributed by atoms with Gasteiger partial charge in [-0.05, 0) is 47.6 Å². The molecule has 1 aromatic carbocycles. The fourth-order valence-corrected chi connectivity index (χ4v) is 2.75. The summed E-state index contributed by atoms with van der Waals surface area (Å²) in [5.41, 5.74) is 3.23. The minimum Gasteiger partial charge on any atom is -0.726 e. The van der Waals surface area contributed by atoms with Crippen molar-refractivity contribution in [1.82, 2.24) is 5.10 Å². The van der Waals surface area contributed by atoms with E-state index in [9.17, 15) is 13.0 Å². The Kier molecular flexibility index (Phi) is 6.31. The Morgan fingerprint density at radius 3 is 2.58 bits per heavy atom. The molecule has 0 atom stereocenters. The Hall–Kier alpha value is -1.95. The molecule has 0 fully saturated rings. The summed E-state index contributed by atoms with van der Waals surface area (Å²) >= 11 is 1.39. The van der Waals surface area contributed by atoms with Gasteiger partial charge < -0.3 is 9.45 Å². The fourth-order valence-electron chi connectivity index (χ4n) is 1.91. The van der Waals surface area contributed by atoms with Gasteiger partial charge in [0.05, 0.1) is 11.7 Å². The van der Waals surface area contributed by atoms with E-state index in [1.807, 2.05) is 24.0 Å². The molecular weight excluding hydrogens is 354 g/mol. The molecule has 0 spiro atoms. The van der Waals surface area contributed by atoms with Crippen molar-refractivity contribution in [1.29, 1.82) is 0 Å². The Balaban J connectivity index is 1.99. The normalized spacial score (nSPS) is 12.0. The molecule has 2 rings (SSSR count). The van der Waals surface area contributed by atoms with Gasteiger partial charge in [-0.15, -0.1) is 4.68 Å². The Bertz CT molecular complexity index is 789. The molecule has 0 aliphatic rings. The zero-order chi connectivity index (χ0) is 17.6. The molecule has 0 radical (unpaired) electrons. The second-order valence-corrected chi connectivity index (χ2v) is 6.54. The first-order valence-electron chi connectivity index (χ1n) is 7.06. The van der Waals surface area contributed by atoms with Crippen molar-refractivity contribution in [2.45, 2.75) is 6.92 Å². The number of aromatic nitrogens is 2. The number of hydrogen-bond acceptors (Lipinski definition) is 9. The molecule has 9 nitrogen and oxygen atoms in total. The maximum absolute atomic E-state index is 10.5. The number of nitrogens with zero attached hydrogens (tertiary/aromatic N) is 5. The zero-order valence-corrected chi connectivity index (χ0v) is 14.8. The van der Waals surface area contributed by atoms with Crippen molar-refractivity contribution >= 4 is 38.2 Å². The van der Waals surface area contributed by atoms with Gasteiger partial charge in [0.25, 0.3) is 0 Å². The van der Waals surface area contributed by atoms with Crippen molar-refractivity contribution in [2.75, 3.05) is 24.6 Å². The van der Waals surface area contributed by atoms with Crippen LogP contribution in [0.2, 0.25) is 0 Å². The number of hydrogen-bond donors (Lipinski definition) is 0. The quantitative estimate of drug-likeness (QED) is 0.302. The second-order valence-electron chi connectivity index (χ2n) is 4.67. The highest BCUT2D eigenvalue weighted by molar-refractivity contribution is 7.80. The average Bonchev–Trinajstić information content (AvgIpc) is 2.94. The van der Waals surface area contributed by atoms with Gasteiger partial charge in [0, 0.05) is 18.8 Å². The third-order valence-corrected chi connectivity index (χ3v) is 4.30. The second kappa shape index (κ2) is 8.24. The predicted octanol–water partition coefficient (Wildman–Crippen LogP) is 1.69.